The zero-order valence-electron chi connectivity index (χ0n) is 26.3. The molecular weight excluding hydrogens is 496 g/mol. The topological polar surface area (TPSA) is 74.6 Å². The van der Waals surface area contributed by atoms with E-state index in [-0.39, 0.29) is 0 Å². The van der Waals surface area contributed by atoms with Crippen molar-refractivity contribution in [1.29, 1.82) is 0 Å². The maximum absolute atomic E-state index is 10.3. The molecule has 0 aromatic rings. The summed E-state index contributed by atoms with van der Waals surface area (Å²) in [6.45, 7) is 4.41. The summed E-state index contributed by atoms with van der Waals surface area (Å²) in [4.78, 5) is 20.6. The van der Waals surface area contributed by atoms with Gasteiger partial charge in [0.05, 0.1) is 0 Å². The molecule has 0 aliphatic rings. The molecule has 0 radical (unpaired) electrons. The molecule has 2 N–H and O–H groups in total. The Morgan fingerprint density at radius 3 is 1.15 bits per heavy atom. The first-order chi connectivity index (χ1) is 19.5. The van der Waals surface area contributed by atoms with Crippen LogP contribution in [0.2, 0.25) is 0 Å². The lowest BCUT2D eigenvalue weighted by molar-refractivity contribution is -0.138. The van der Waals surface area contributed by atoms with Crippen molar-refractivity contribution in [3.63, 3.8) is 0 Å². The Labute approximate surface area is 248 Å². The molecule has 0 aromatic carbocycles. The van der Waals surface area contributed by atoms with E-state index in [9.17, 15) is 9.59 Å². The average Bonchev–Trinajstić information content (AvgIpc) is 2.93. The van der Waals surface area contributed by atoms with E-state index < -0.39 is 11.9 Å². The van der Waals surface area contributed by atoms with E-state index in [1.807, 2.05) is 0 Å². The average molecular weight is 561 g/mol. The number of carboxylic acids is 2. The van der Waals surface area contributed by atoms with E-state index in [2.05, 4.69) is 62.5 Å². The molecule has 0 unspecified atom stereocenters. The van der Waals surface area contributed by atoms with Crippen molar-refractivity contribution >= 4 is 11.9 Å². The van der Waals surface area contributed by atoms with Gasteiger partial charge in [0.1, 0.15) is 0 Å². The molecule has 0 atom stereocenters. The number of carbonyl (C=O) groups is 2. The number of hydrogen-bond donors (Lipinski definition) is 2. The Balaban J connectivity index is 0. The molecule has 0 amide bonds. The van der Waals surface area contributed by atoms with Gasteiger partial charge in [-0.25, -0.2) is 0 Å². The number of rotatable bonds is 28. The molecule has 4 heteroatoms. The van der Waals surface area contributed by atoms with Crippen LogP contribution in [0.5, 0.6) is 0 Å². The van der Waals surface area contributed by atoms with Gasteiger partial charge in [-0.3, -0.25) is 9.59 Å². The van der Waals surface area contributed by atoms with Crippen molar-refractivity contribution in [1.82, 2.24) is 0 Å². The summed E-state index contributed by atoms with van der Waals surface area (Å²) >= 11 is 0. The molecule has 0 aliphatic heterocycles. The Hall–Kier alpha value is -2.10. The molecule has 0 spiro atoms. The second kappa shape index (κ2) is 36.9. The van der Waals surface area contributed by atoms with Gasteiger partial charge < -0.3 is 10.2 Å². The Morgan fingerprint density at radius 2 is 0.750 bits per heavy atom. The van der Waals surface area contributed by atoms with Gasteiger partial charge >= 0.3 is 11.9 Å². The van der Waals surface area contributed by atoms with Crippen LogP contribution >= 0.6 is 0 Å². The van der Waals surface area contributed by atoms with Crippen LogP contribution in [0.15, 0.2) is 48.6 Å². The fourth-order valence-electron chi connectivity index (χ4n) is 4.24. The largest absolute Gasteiger partial charge is 0.481 e. The summed E-state index contributed by atoms with van der Waals surface area (Å²) in [6, 6.07) is 0. The highest BCUT2D eigenvalue weighted by molar-refractivity contribution is 5.66. The summed E-state index contributed by atoms with van der Waals surface area (Å²) in [5, 5.41) is 17.0. The van der Waals surface area contributed by atoms with Gasteiger partial charge in [-0.05, 0) is 70.6 Å². The van der Waals surface area contributed by atoms with Crippen LogP contribution in [0.3, 0.4) is 0 Å². The standard InChI is InChI=1S/C18H34O2.C18H30O2/c2*1-2-3-4-5-6-7-8-9-10-11-12-13-14-15-16-17-18(19)20/h9-10H,2-8,11-17H2,1H3,(H,19,20);3-4,6-7,9-10H,2,5,8,11-17H2,1H3,(H,19,20)/b10-9-;4-3-,7-6-,10-9-. The van der Waals surface area contributed by atoms with E-state index >= 15 is 0 Å². The molecular formula is C36H64O4. The van der Waals surface area contributed by atoms with Crippen molar-refractivity contribution in [2.24, 2.45) is 0 Å². The van der Waals surface area contributed by atoms with Gasteiger partial charge in [0.25, 0.3) is 0 Å². The van der Waals surface area contributed by atoms with Crippen LogP contribution in [0.25, 0.3) is 0 Å². The number of aliphatic carboxylic acids is 2. The maximum Gasteiger partial charge on any atom is 0.303 e. The summed E-state index contributed by atoms with van der Waals surface area (Å²) in [5.74, 6) is -1.34. The molecule has 0 heterocycles. The summed E-state index contributed by atoms with van der Waals surface area (Å²) in [6.07, 6.45) is 44.6. The van der Waals surface area contributed by atoms with Crippen molar-refractivity contribution in [2.45, 2.75) is 168 Å². The monoisotopic (exact) mass is 560 g/mol. The molecule has 0 bridgehead atoms. The first-order valence-electron chi connectivity index (χ1n) is 16.6. The van der Waals surface area contributed by atoms with Gasteiger partial charge in [-0.2, -0.15) is 0 Å². The van der Waals surface area contributed by atoms with Gasteiger partial charge in [0.2, 0.25) is 0 Å². The van der Waals surface area contributed by atoms with E-state index in [0.717, 1.165) is 57.8 Å². The molecule has 0 aliphatic carbocycles. The molecule has 40 heavy (non-hydrogen) atoms. The zero-order valence-corrected chi connectivity index (χ0v) is 26.3. The minimum absolute atomic E-state index is 0.319. The fraction of sp³-hybridized carbons (Fsp3) is 0.722. The highest BCUT2D eigenvalue weighted by Gasteiger charge is 1.96. The molecule has 0 saturated carbocycles. The first-order valence-corrected chi connectivity index (χ1v) is 16.6. The van der Waals surface area contributed by atoms with Crippen LogP contribution in [0.4, 0.5) is 0 Å². The third-order valence-electron chi connectivity index (χ3n) is 6.69. The van der Waals surface area contributed by atoms with Crippen LogP contribution in [-0.4, -0.2) is 22.2 Å². The van der Waals surface area contributed by atoms with E-state index in [1.54, 1.807) is 0 Å². The molecule has 0 rings (SSSR count). The minimum atomic E-state index is -0.675. The van der Waals surface area contributed by atoms with Gasteiger partial charge in [0, 0.05) is 12.8 Å². The minimum Gasteiger partial charge on any atom is -0.481 e. The second-order valence-electron chi connectivity index (χ2n) is 10.7. The highest BCUT2D eigenvalue weighted by atomic mass is 16.4. The van der Waals surface area contributed by atoms with Crippen LogP contribution in [-0.2, 0) is 9.59 Å². The third kappa shape index (κ3) is 43.0. The van der Waals surface area contributed by atoms with E-state index in [1.165, 1.54) is 83.5 Å². The van der Waals surface area contributed by atoms with Crippen LogP contribution in [0.1, 0.15) is 168 Å². The molecule has 4 nitrogen and oxygen atoms in total. The van der Waals surface area contributed by atoms with Crippen LogP contribution < -0.4 is 0 Å². The summed E-state index contributed by atoms with van der Waals surface area (Å²) in [5.41, 5.74) is 0. The molecule has 0 aromatic heterocycles. The number of allylic oxidation sites excluding steroid dienone is 8. The second-order valence-corrected chi connectivity index (χ2v) is 10.7. The fourth-order valence-corrected chi connectivity index (χ4v) is 4.24. The highest BCUT2D eigenvalue weighted by Crippen LogP contribution is 2.10. The quantitative estimate of drug-likeness (QED) is 0.0737. The van der Waals surface area contributed by atoms with Gasteiger partial charge in [0.15, 0.2) is 0 Å². The van der Waals surface area contributed by atoms with E-state index in [4.69, 9.17) is 10.2 Å². The normalized spacial score (nSPS) is 11.7. The van der Waals surface area contributed by atoms with Crippen molar-refractivity contribution in [3.05, 3.63) is 48.6 Å². The lowest BCUT2D eigenvalue weighted by Crippen LogP contribution is -1.93. The first kappa shape index (κ1) is 40.0. The smallest absolute Gasteiger partial charge is 0.303 e. The number of carboxylic acid groups (broad SMARTS) is 2. The summed E-state index contributed by atoms with van der Waals surface area (Å²) in [7, 11) is 0. The van der Waals surface area contributed by atoms with Crippen molar-refractivity contribution in [3.8, 4) is 0 Å². The lowest BCUT2D eigenvalue weighted by Gasteiger charge is -1.99. The van der Waals surface area contributed by atoms with Gasteiger partial charge in [-0.1, -0.05) is 133 Å². The Kier molecular flexibility index (Phi) is 36.9. The Bertz CT molecular complexity index is 645. The SMILES string of the molecule is CC/C=C\C/C=C\C/C=C\CCCCCCCC(=O)O.CCCCCCCC/C=C\CCCCCCCC(=O)O. The maximum atomic E-state index is 10.3. The van der Waals surface area contributed by atoms with Crippen molar-refractivity contribution in [2.75, 3.05) is 0 Å². The molecule has 0 saturated heterocycles. The van der Waals surface area contributed by atoms with E-state index in [0.29, 0.717) is 12.8 Å². The van der Waals surface area contributed by atoms with Crippen molar-refractivity contribution < 1.29 is 19.8 Å². The predicted octanol–water partition coefficient (Wildman–Crippen LogP) is 11.8. The molecule has 0 fully saturated rings. The predicted molar refractivity (Wildman–Crippen MR) is 174 cm³/mol. The Morgan fingerprint density at radius 1 is 0.425 bits per heavy atom. The van der Waals surface area contributed by atoms with Gasteiger partial charge in [-0.15, -0.1) is 0 Å². The molecule has 232 valence electrons. The number of hydrogen-bond acceptors (Lipinski definition) is 2. The summed E-state index contributed by atoms with van der Waals surface area (Å²) < 4.78 is 0. The number of unbranched alkanes of at least 4 members (excludes halogenated alkanes) is 16. The third-order valence-corrected chi connectivity index (χ3v) is 6.69. The van der Waals surface area contributed by atoms with Crippen LogP contribution in [0, 0.1) is 0 Å². The zero-order chi connectivity index (χ0) is 29.8. The lowest BCUT2D eigenvalue weighted by atomic mass is 10.1.